The van der Waals surface area contributed by atoms with E-state index in [4.69, 9.17) is 14.5 Å². The van der Waals surface area contributed by atoms with Crippen LogP contribution in [0.25, 0.3) is 33.5 Å². The molecule has 3 N–H and O–H groups in total. The number of carbonyl (C=O) groups is 2. The van der Waals surface area contributed by atoms with Crippen molar-refractivity contribution in [2.24, 2.45) is 0 Å². The Balaban J connectivity index is 1.19. The fourth-order valence-corrected chi connectivity index (χ4v) is 5.10. The van der Waals surface area contributed by atoms with Gasteiger partial charge in [-0.15, -0.1) is 0 Å². The number of aromatic amines is 2. The van der Waals surface area contributed by atoms with Crippen LogP contribution < -0.4 is 10.2 Å². The van der Waals surface area contributed by atoms with Crippen LogP contribution >= 0.6 is 0 Å². The number of carbonyl (C=O) groups excluding carboxylic acids is 2. The Labute approximate surface area is 225 Å². The zero-order valence-corrected chi connectivity index (χ0v) is 22.4. The van der Waals surface area contributed by atoms with Crippen LogP contribution in [0.15, 0.2) is 36.4 Å². The van der Waals surface area contributed by atoms with Crippen molar-refractivity contribution in [2.45, 2.75) is 38.8 Å². The molecule has 0 radical (unpaired) electrons. The number of amides is 2. The number of rotatable bonds is 4. The van der Waals surface area contributed by atoms with Gasteiger partial charge in [0.15, 0.2) is 5.82 Å². The fraction of sp³-hybridized carbons (Fsp3) is 0.429. The predicted molar refractivity (Wildman–Crippen MR) is 148 cm³/mol. The van der Waals surface area contributed by atoms with Crippen LogP contribution in [-0.2, 0) is 9.47 Å². The lowest BCUT2D eigenvalue weighted by molar-refractivity contribution is 0.0290. The molecule has 2 aromatic carbocycles. The molecule has 0 unspecified atom stereocenters. The molecule has 1 atom stereocenters. The van der Waals surface area contributed by atoms with Crippen molar-refractivity contribution in [3.05, 3.63) is 42.0 Å². The highest BCUT2D eigenvalue weighted by Gasteiger charge is 2.31. The largest absolute Gasteiger partial charge is 0.444 e. The van der Waals surface area contributed by atoms with Gasteiger partial charge in [-0.25, -0.2) is 9.78 Å². The lowest BCUT2D eigenvalue weighted by Crippen LogP contribution is -2.40. The molecule has 6 rings (SSSR count). The third-order valence-corrected chi connectivity index (χ3v) is 7.07. The van der Waals surface area contributed by atoms with E-state index in [2.05, 4.69) is 37.5 Å². The highest BCUT2D eigenvalue weighted by atomic mass is 16.6. The van der Waals surface area contributed by atoms with Gasteiger partial charge in [0.1, 0.15) is 11.3 Å². The summed E-state index contributed by atoms with van der Waals surface area (Å²) in [5.41, 5.74) is 4.34. The Hall–Kier alpha value is -4.12. The van der Waals surface area contributed by atoms with E-state index in [-0.39, 0.29) is 18.0 Å². The predicted octanol–water partition coefficient (Wildman–Crippen LogP) is 3.68. The Morgan fingerprint density at radius 1 is 1.08 bits per heavy atom. The average molecular weight is 532 g/mol. The number of fused-ring (bicyclic) bond motifs is 2. The molecule has 39 heavy (non-hydrogen) atoms. The lowest BCUT2D eigenvalue weighted by atomic mass is 10.1. The third kappa shape index (κ3) is 5.26. The first kappa shape index (κ1) is 25.2. The standard InChI is InChI=1S/C28H33N7O4/c1-28(2,3)39-27(37)35-9-8-18(16-35)29-26(36)17-4-6-21-20(14-17)24(33-32-21)25-30-22-7-5-19(15-23(22)31-25)34-10-12-38-13-11-34/h4-7,14-15,18H,8-13,16H2,1-3H3,(H,29,36)(H,30,31)(H,32,33)/t18-/m0/s1. The van der Waals surface area contributed by atoms with E-state index in [1.807, 2.05) is 39.0 Å². The first-order valence-electron chi connectivity index (χ1n) is 13.3. The van der Waals surface area contributed by atoms with Gasteiger partial charge in [0.2, 0.25) is 0 Å². The summed E-state index contributed by atoms with van der Waals surface area (Å²) in [5.74, 6) is 0.441. The number of morpholine rings is 1. The third-order valence-electron chi connectivity index (χ3n) is 7.07. The topological polar surface area (TPSA) is 128 Å². The number of aromatic nitrogens is 4. The molecule has 2 aliphatic heterocycles. The van der Waals surface area contributed by atoms with Crippen LogP contribution in [0.4, 0.5) is 10.5 Å². The fourth-order valence-electron chi connectivity index (χ4n) is 5.10. The number of H-pyrrole nitrogens is 2. The molecule has 0 bridgehead atoms. The molecule has 11 nitrogen and oxygen atoms in total. The molecule has 204 valence electrons. The maximum atomic E-state index is 13.1. The van der Waals surface area contributed by atoms with Crippen molar-refractivity contribution in [2.75, 3.05) is 44.3 Å². The number of anilines is 1. The maximum Gasteiger partial charge on any atom is 0.410 e. The smallest absolute Gasteiger partial charge is 0.410 e. The molecule has 0 saturated carbocycles. The summed E-state index contributed by atoms with van der Waals surface area (Å²) in [6.45, 7) is 9.67. The van der Waals surface area contributed by atoms with E-state index >= 15 is 0 Å². The Bertz CT molecular complexity index is 1530. The molecule has 0 aliphatic carbocycles. The van der Waals surface area contributed by atoms with Gasteiger partial charge in [-0.2, -0.15) is 5.10 Å². The zero-order chi connectivity index (χ0) is 27.1. The second-order valence-corrected chi connectivity index (χ2v) is 11.1. The van der Waals surface area contributed by atoms with E-state index in [9.17, 15) is 9.59 Å². The second kappa shape index (κ2) is 9.88. The summed E-state index contributed by atoms with van der Waals surface area (Å²) in [5, 5.41) is 11.4. The van der Waals surface area contributed by atoms with Crippen molar-refractivity contribution >= 4 is 39.6 Å². The SMILES string of the molecule is CC(C)(C)OC(=O)N1CC[C@H](NC(=O)c2ccc3[nH]nc(-c4nc5ccc(N6CCOCC6)cc5[nH]4)c3c2)C1. The average Bonchev–Trinajstić information content (AvgIpc) is 3.65. The Kier molecular flexibility index (Phi) is 6.38. The van der Waals surface area contributed by atoms with Gasteiger partial charge >= 0.3 is 6.09 Å². The van der Waals surface area contributed by atoms with Crippen LogP contribution in [0.5, 0.6) is 0 Å². The minimum atomic E-state index is -0.555. The molecular weight excluding hydrogens is 498 g/mol. The molecule has 11 heteroatoms. The van der Waals surface area contributed by atoms with Crippen molar-refractivity contribution in [1.29, 1.82) is 0 Å². The summed E-state index contributed by atoms with van der Waals surface area (Å²) < 4.78 is 10.9. The molecule has 0 spiro atoms. The van der Waals surface area contributed by atoms with Gasteiger partial charge < -0.3 is 29.6 Å². The van der Waals surface area contributed by atoms with Gasteiger partial charge in [0, 0.05) is 48.9 Å². The number of ether oxygens (including phenoxy) is 2. The summed E-state index contributed by atoms with van der Waals surface area (Å²) in [7, 11) is 0. The van der Waals surface area contributed by atoms with E-state index in [0.29, 0.717) is 36.6 Å². The van der Waals surface area contributed by atoms with E-state index in [1.165, 1.54) is 0 Å². The van der Waals surface area contributed by atoms with Crippen molar-refractivity contribution < 1.29 is 19.1 Å². The molecule has 2 saturated heterocycles. The van der Waals surface area contributed by atoms with Crippen LogP contribution in [0.1, 0.15) is 37.6 Å². The summed E-state index contributed by atoms with van der Waals surface area (Å²) in [6, 6.07) is 11.5. The highest BCUT2D eigenvalue weighted by Crippen LogP contribution is 2.29. The first-order chi connectivity index (χ1) is 18.7. The Morgan fingerprint density at radius 3 is 2.69 bits per heavy atom. The van der Waals surface area contributed by atoms with Gasteiger partial charge in [0.05, 0.1) is 29.8 Å². The number of likely N-dealkylation sites (tertiary alicyclic amines) is 1. The number of imidazole rings is 1. The van der Waals surface area contributed by atoms with Gasteiger partial charge in [-0.3, -0.25) is 9.89 Å². The summed E-state index contributed by atoms with van der Waals surface area (Å²) >= 11 is 0. The van der Waals surface area contributed by atoms with Crippen molar-refractivity contribution in [3.8, 4) is 11.5 Å². The van der Waals surface area contributed by atoms with Crippen LogP contribution in [-0.4, -0.2) is 88.1 Å². The van der Waals surface area contributed by atoms with E-state index in [0.717, 1.165) is 53.9 Å². The molecule has 4 aromatic rings. The lowest BCUT2D eigenvalue weighted by Gasteiger charge is -2.28. The number of benzene rings is 2. The minimum absolute atomic E-state index is 0.138. The normalized spacial score (nSPS) is 18.2. The van der Waals surface area contributed by atoms with Crippen LogP contribution in [0.2, 0.25) is 0 Å². The van der Waals surface area contributed by atoms with Gasteiger partial charge in [-0.1, -0.05) is 0 Å². The molecule has 4 heterocycles. The summed E-state index contributed by atoms with van der Waals surface area (Å²) in [6.07, 6.45) is 0.321. The molecule has 2 amide bonds. The van der Waals surface area contributed by atoms with Crippen molar-refractivity contribution in [1.82, 2.24) is 30.4 Å². The van der Waals surface area contributed by atoms with Crippen LogP contribution in [0, 0.1) is 0 Å². The van der Waals surface area contributed by atoms with E-state index in [1.54, 1.807) is 11.0 Å². The molecule has 2 fully saturated rings. The molecule has 2 aromatic heterocycles. The van der Waals surface area contributed by atoms with E-state index < -0.39 is 5.60 Å². The number of hydrogen-bond donors (Lipinski definition) is 3. The first-order valence-corrected chi connectivity index (χ1v) is 13.3. The van der Waals surface area contributed by atoms with Crippen molar-refractivity contribution in [3.63, 3.8) is 0 Å². The molecule has 2 aliphatic rings. The quantitative estimate of drug-likeness (QED) is 0.366. The monoisotopic (exact) mass is 531 g/mol. The van der Waals surface area contributed by atoms with Crippen LogP contribution in [0.3, 0.4) is 0 Å². The number of nitrogens with zero attached hydrogens (tertiary/aromatic N) is 4. The van der Waals surface area contributed by atoms with Gasteiger partial charge in [0.25, 0.3) is 5.91 Å². The number of nitrogens with one attached hydrogen (secondary N) is 3. The zero-order valence-electron chi connectivity index (χ0n) is 22.4. The minimum Gasteiger partial charge on any atom is -0.444 e. The molecular formula is C28H33N7O4. The van der Waals surface area contributed by atoms with Gasteiger partial charge in [-0.05, 0) is 63.6 Å². The number of hydrogen-bond acceptors (Lipinski definition) is 7. The second-order valence-electron chi connectivity index (χ2n) is 11.1. The summed E-state index contributed by atoms with van der Waals surface area (Å²) in [4.78, 5) is 37.6. The Morgan fingerprint density at radius 2 is 1.90 bits per heavy atom. The maximum absolute atomic E-state index is 13.1. The highest BCUT2D eigenvalue weighted by molar-refractivity contribution is 6.01.